The number of benzene rings is 2. The first-order valence-corrected chi connectivity index (χ1v) is 8.45. The second-order valence-electron chi connectivity index (χ2n) is 5.91. The number of fused-ring (bicyclic) bond motifs is 1. The van der Waals surface area contributed by atoms with Gasteiger partial charge in [-0.25, -0.2) is 0 Å². The number of nitrogens with zero attached hydrogens (tertiary/aromatic N) is 3. The van der Waals surface area contributed by atoms with E-state index in [-0.39, 0.29) is 0 Å². The van der Waals surface area contributed by atoms with Gasteiger partial charge in [0, 0.05) is 27.2 Å². The summed E-state index contributed by atoms with van der Waals surface area (Å²) in [6.45, 7) is 4.19. The molecule has 4 rings (SSSR count). The second kappa shape index (κ2) is 5.83. The van der Waals surface area contributed by atoms with Crippen LogP contribution in [-0.2, 0) is 0 Å². The topological polar surface area (TPSA) is 54.5 Å². The molecule has 0 fully saturated rings. The lowest BCUT2D eigenvalue weighted by Gasteiger charge is -2.08. The zero-order chi connectivity index (χ0) is 16.7. The number of nitrogens with one attached hydrogen (secondary N) is 1. The van der Waals surface area contributed by atoms with Crippen LogP contribution in [0.2, 0.25) is 0 Å². The lowest BCUT2D eigenvalue weighted by Crippen LogP contribution is -1.89. The highest BCUT2D eigenvalue weighted by Gasteiger charge is 2.14. The Kier molecular flexibility index (Phi) is 3.65. The minimum atomic E-state index is 0.852. The van der Waals surface area contributed by atoms with E-state index in [1.807, 2.05) is 12.1 Å². The van der Waals surface area contributed by atoms with Crippen molar-refractivity contribution in [1.29, 1.82) is 0 Å². The molecule has 0 saturated heterocycles. The summed E-state index contributed by atoms with van der Waals surface area (Å²) in [7, 11) is 0. The van der Waals surface area contributed by atoms with Gasteiger partial charge < -0.3 is 0 Å². The Morgan fingerprint density at radius 3 is 2.75 bits per heavy atom. The molecule has 0 bridgehead atoms. The van der Waals surface area contributed by atoms with Gasteiger partial charge in [-0.15, -0.1) is 5.10 Å². The Hall–Kier alpha value is -2.53. The van der Waals surface area contributed by atoms with Gasteiger partial charge in [0.1, 0.15) is 5.69 Å². The van der Waals surface area contributed by atoms with Gasteiger partial charge in [-0.05, 0) is 59.6 Å². The molecule has 0 aliphatic rings. The molecule has 2 heterocycles. The van der Waals surface area contributed by atoms with E-state index in [0.29, 0.717) is 0 Å². The fraction of sp³-hybridized carbons (Fsp3) is 0.105. The summed E-state index contributed by atoms with van der Waals surface area (Å²) >= 11 is 3.48. The van der Waals surface area contributed by atoms with Crippen molar-refractivity contribution in [3.05, 3.63) is 64.3 Å². The van der Waals surface area contributed by atoms with E-state index in [1.165, 1.54) is 11.1 Å². The van der Waals surface area contributed by atoms with Crippen molar-refractivity contribution >= 4 is 26.8 Å². The fourth-order valence-electron chi connectivity index (χ4n) is 2.88. The van der Waals surface area contributed by atoms with E-state index in [9.17, 15) is 0 Å². The molecule has 5 heteroatoms. The molecule has 1 N–H and O–H groups in total. The van der Waals surface area contributed by atoms with Crippen molar-refractivity contribution in [3.8, 4) is 22.5 Å². The lowest BCUT2D eigenvalue weighted by molar-refractivity contribution is 0.944. The Morgan fingerprint density at radius 1 is 1.00 bits per heavy atom. The number of aromatic nitrogens is 4. The second-order valence-corrected chi connectivity index (χ2v) is 6.83. The average Bonchev–Trinajstić information content (AvgIpc) is 3.05. The molecule has 2 aromatic heterocycles. The highest BCUT2D eigenvalue weighted by atomic mass is 79.9. The van der Waals surface area contributed by atoms with E-state index >= 15 is 0 Å². The molecular formula is C19H15BrN4. The summed E-state index contributed by atoms with van der Waals surface area (Å²) in [4.78, 5) is 4.42. The van der Waals surface area contributed by atoms with Crippen molar-refractivity contribution in [2.45, 2.75) is 13.8 Å². The van der Waals surface area contributed by atoms with Crippen LogP contribution in [0.4, 0.5) is 0 Å². The van der Waals surface area contributed by atoms with E-state index in [4.69, 9.17) is 0 Å². The number of rotatable bonds is 2. The molecular weight excluding hydrogens is 364 g/mol. The van der Waals surface area contributed by atoms with Gasteiger partial charge in [0.2, 0.25) is 0 Å². The Bertz CT molecular complexity index is 1050. The molecule has 4 aromatic rings. The molecule has 24 heavy (non-hydrogen) atoms. The minimum Gasteiger partial charge on any atom is -0.257 e. The van der Waals surface area contributed by atoms with Gasteiger partial charge in [0.15, 0.2) is 0 Å². The molecule has 0 spiro atoms. The molecule has 0 aliphatic heterocycles. The lowest BCUT2D eigenvalue weighted by atomic mass is 9.98. The number of H-pyrrole nitrogens is 1. The van der Waals surface area contributed by atoms with E-state index < -0.39 is 0 Å². The van der Waals surface area contributed by atoms with Crippen molar-refractivity contribution in [2.75, 3.05) is 0 Å². The van der Waals surface area contributed by atoms with Gasteiger partial charge in [-0.3, -0.25) is 10.1 Å². The molecule has 0 amide bonds. The van der Waals surface area contributed by atoms with Gasteiger partial charge >= 0.3 is 0 Å². The first kappa shape index (κ1) is 15.0. The summed E-state index contributed by atoms with van der Waals surface area (Å²) in [6, 6.07) is 14.6. The largest absolute Gasteiger partial charge is 0.257 e. The molecule has 0 radical (unpaired) electrons. The minimum absolute atomic E-state index is 0.852. The zero-order valence-electron chi connectivity index (χ0n) is 13.3. The molecule has 2 aromatic carbocycles. The maximum absolute atomic E-state index is 4.42. The Morgan fingerprint density at radius 2 is 1.88 bits per heavy atom. The summed E-state index contributed by atoms with van der Waals surface area (Å²) < 4.78 is 0.960. The molecule has 118 valence electrons. The third kappa shape index (κ3) is 2.61. The molecule has 0 atom stereocenters. The maximum Gasteiger partial charge on any atom is 0.120 e. The molecule has 0 unspecified atom stereocenters. The number of hydrogen-bond acceptors (Lipinski definition) is 3. The average molecular weight is 379 g/mol. The van der Waals surface area contributed by atoms with E-state index in [2.05, 4.69) is 80.5 Å². The number of pyridine rings is 1. The Labute approximate surface area is 148 Å². The number of aryl methyl sites for hydroxylation is 2. The predicted molar refractivity (Wildman–Crippen MR) is 99.7 cm³/mol. The van der Waals surface area contributed by atoms with Crippen LogP contribution in [0, 0.1) is 13.8 Å². The smallest absolute Gasteiger partial charge is 0.120 e. The van der Waals surface area contributed by atoms with Crippen molar-refractivity contribution in [3.63, 3.8) is 0 Å². The highest BCUT2D eigenvalue weighted by Crippen LogP contribution is 2.32. The van der Waals surface area contributed by atoms with Crippen LogP contribution in [0.25, 0.3) is 33.4 Å². The van der Waals surface area contributed by atoms with E-state index in [0.717, 1.165) is 37.9 Å². The summed E-state index contributed by atoms with van der Waals surface area (Å²) in [6.07, 6.45) is 1.81. The Balaban J connectivity index is 1.89. The quantitative estimate of drug-likeness (QED) is 0.529. The van der Waals surface area contributed by atoms with Crippen LogP contribution >= 0.6 is 15.9 Å². The summed E-state index contributed by atoms with van der Waals surface area (Å²) in [5, 5.41) is 12.5. The van der Waals surface area contributed by atoms with E-state index in [1.54, 1.807) is 6.20 Å². The predicted octanol–water partition coefficient (Wildman–Crippen LogP) is 5.07. The van der Waals surface area contributed by atoms with Crippen LogP contribution in [0.3, 0.4) is 0 Å². The number of halogens is 1. The SMILES string of the molecule is Cc1ccc(C)c(-c2[nH]nnc2-c2ccc3ncc(Br)cc3c2)c1. The third-order valence-corrected chi connectivity index (χ3v) is 4.57. The van der Waals surface area contributed by atoms with Crippen molar-refractivity contribution in [2.24, 2.45) is 0 Å². The summed E-state index contributed by atoms with van der Waals surface area (Å²) in [5.74, 6) is 0. The molecule has 0 saturated carbocycles. The van der Waals surface area contributed by atoms with Crippen LogP contribution in [0.5, 0.6) is 0 Å². The maximum atomic E-state index is 4.42. The third-order valence-electron chi connectivity index (χ3n) is 4.13. The monoisotopic (exact) mass is 378 g/mol. The summed E-state index contributed by atoms with van der Waals surface area (Å²) in [5.41, 5.74) is 7.30. The number of aromatic amines is 1. The standard InChI is InChI=1S/C19H15BrN4/c1-11-3-4-12(2)16(7-11)19-18(22-24-23-19)13-5-6-17-14(8-13)9-15(20)10-21-17/h3-10H,1-2H3,(H,22,23,24). The first-order chi connectivity index (χ1) is 11.6. The van der Waals surface area contributed by atoms with Gasteiger partial charge in [0.25, 0.3) is 0 Å². The fourth-order valence-corrected chi connectivity index (χ4v) is 3.22. The normalized spacial score (nSPS) is 11.1. The van der Waals surface area contributed by atoms with Gasteiger partial charge in [0.05, 0.1) is 11.2 Å². The van der Waals surface area contributed by atoms with Gasteiger partial charge in [-0.1, -0.05) is 29.0 Å². The number of hydrogen-bond donors (Lipinski definition) is 1. The molecule has 4 nitrogen and oxygen atoms in total. The first-order valence-electron chi connectivity index (χ1n) is 7.66. The highest BCUT2D eigenvalue weighted by molar-refractivity contribution is 9.10. The molecule has 0 aliphatic carbocycles. The van der Waals surface area contributed by atoms with Crippen LogP contribution < -0.4 is 0 Å². The van der Waals surface area contributed by atoms with Gasteiger partial charge in [-0.2, -0.15) is 0 Å². The van der Waals surface area contributed by atoms with Crippen molar-refractivity contribution < 1.29 is 0 Å². The van der Waals surface area contributed by atoms with Crippen LogP contribution in [0.1, 0.15) is 11.1 Å². The van der Waals surface area contributed by atoms with Crippen LogP contribution in [0.15, 0.2) is 53.1 Å². The van der Waals surface area contributed by atoms with Crippen LogP contribution in [-0.4, -0.2) is 20.4 Å². The zero-order valence-corrected chi connectivity index (χ0v) is 14.9. The van der Waals surface area contributed by atoms with Crippen molar-refractivity contribution in [1.82, 2.24) is 20.4 Å².